The standard InChI is InChI=1S/C16H22N2O2S2/c1-12-2-4-13(5-3-12)22-14-6-8-18(9-7-14)16(20)11-21-10-15(17)19/h2-5,14H,6-11H2,1H3,(H2,17,19). The lowest BCUT2D eigenvalue weighted by atomic mass is 10.1. The van der Waals surface area contributed by atoms with Crippen molar-refractivity contribution in [1.29, 1.82) is 0 Å². The maximum absolute atomic E-state index is 12.0. The summed E-state index contributed by atoms with van der Waals surface area (Å²) in [5.74, 6) is 0.306. The first-order chi connectivity index (χ1) is 10.5. The zero-order valence-electron chi connectivity index (χ0n) is 12.8. The number of rotatable bonds is 6. The number of likely N-dealkylation sites (tertiary alicyclic amines) is 1. The molecule has 22 heavy (non-hydrogen) atoms. The zero-order chi connectivity index (χ0) is 15.9. The van der Waals surface area contributed by atoms with Crippen LogP contribution in [0.5, 0.6) is 0 Å². The number of piperidine rings is 1. The Bertz CT molecular complexity index is 511. The van der Waals surface area contributed by atoms with E-state index in [4.69, 9.17) is 5.73 Å². The van der Waals surface area contributed by atoms with Crippen molar-refractivity contribution in [1.82, 2.24) is 4.90 Å². The average molecular weight is 338 g/mol. The van der Waals surface area contributed by atoms with Gasteiger partial charge in [0.05, 0.1) is 11.5 Å². The first-order valence-corrected chi connectivity index (χ1v) is 9.45. The first kappa shape index (κ1) is 17.2. The van der Waals surface area contributed by atoms with E-state index < -0.39 is 0 Å². The molecular formula is C16H22N2O2S2. The number of carbonyl (C=O) groups is 2. The van der Waals surface area contributed by atoms with Gasteiger partial charge in [-0.05, 0) is 31.9 Å². The van der Waals surface area contributed by atoms with Gasteiger partial charge in [-0.3, -0.25) is 9.59 Å². The molecule has 0 aromatic heterocycles. The molecule has 0 aliphatic carbocycles. The van der Waals surface area contributed by atoms with Crippen molar-refractivity contribution in [3.8, 4) is 0 Å². The summed E-state index contributed by atoms with van der Waals surface area (Å²) in [6.45, 7) is 3.70. The minimum absolute atomic E-state index is 0.116. The Morgan fingerprint density at radius 2 is 1.82 bits per heavy atom. The fourth-order valence-corrected chi connectivity index (χ4v) is 4.15. The van der Waals surface area contributed by atoms with Crippen LogP contribution in [0.15, 0.2) is 29.2 Å². The summed E-state index contributed by atoms with van der Waals surface area (Å²) in [6, 6.07) is 8.60. The number of carbonyl (C=O) groups excluding carboxylic acids is 2. The molecule has 1 aliphatic rings. The molecule has 120 valence electrons. The number of benzene rings is 1. The fourth-order valence-electron chi connectivity index (χ4n) is 2.36. The highest BCUT2D eigenvalue weighted by Gasteiger charge is 2.23. The minimum Gasteiger partial charge on any atom is -0.369 e. The van der Waals surface area contributed by atoms with Gasteiger partial charge in [0.25, 0.3) is 0 Å². The number of nitrogens with two attached hydrogens (primary N) is 1. The van der Waals surface area contributed by atoms with Crippen molar-refractivity contribution in [2.24, 2.45) is 5.73 Å². The number of nitrogens with zero attached hydrogens (tertiary/aromatic N) is 1. The molecule has 0 bridgehead atoms. The van der Waals surface area contributed by atoms with Crippen molar-refractivity contribution in [2.75, 3.05) is 24.6 Å². The van der Waals surface area contributed by atoms with Crippen LogP contribution in [-0.4, -0.2) is 46.6 Å². The lowest BCUT2D eigenvalue weighted by molar-refractivity contribution is -0.129. The second kappa shape index (κ2) is 8.48. The Hall–Kier alpha value is -1.14. The maximum atomic E-state index is 12.0. The summed E-state index contributed by atoms with van der Waals surface area (Å²) >= 11 is 3.20. The molecule has 0 saturated carbocycles. The van der Waals surface area contributed by atoms with E-state index in [-0.39, 0.29) is 17.6 Å². The smallest absolute Gasteiger partial charge is 0.232 e. The van der Waals surface area contributed by atoms with Gasteiger partial charge in [-0.1, -0.05) is 17.7 Å². The Morgan fingerprint density at radius 1 is 1.18 bits per heavy atom. The van der Waals surface area contributed by atoms with Crippen LogP contribution in [0.4, 0.5) is 0 Å². The van der Waals surface area contributed by atoms with Crippen LogP contribution in [-0.2, 0) is 9.59 Å². The first-order valence-electron chi connectivity index (χ1n) is 7.42. The van der Waals surface area contributed by atoms with Gasteiger partial charge in [-0.15, -0.1) is 23.5 Å². The van der Waals surface area contributed by atoms with Crippen LogP contribution in [0.3, 0.4) is 0 Å². The third-order valence-electron chi connectivity index (χ3n) is 3.59. The molecule has 4 nitrogen and oxygen atoms in total. The number of hydrogen-bond donors (Lipinski definition) is 1. The zero-order valence-corrected chi connectivity index (χ0v) is 14.4. The summed E-state index contributed by atoms with van der Waals surface area (Å²) in [6.07, 6.45) is 2.04. The molecule has 1 aliphatic heterocycles. The number of thioether (sulfide) groups is 2. The predicted octanol–water partition coefficient (Wildman–Crippen LogP) is 2.30. The third kappa shape index (κ3) is 5.57. The number of primary amides is 1. The van der Waals surface area contributed by atoms with Gasteiger partial charge in [0, 0.05) is 23.2 Å². The SMILES string of the molecule is Cc1ccc(SC2CCN(C(=O)CSCC(N)=O)CC2)cc1. The number of amides is 2. The topological polar surface area (TPSA) is 63.4 Å². The molecule has 1 aromatic rings. The van der Waals surface area contributed by atoms with Crippen molar-refractivity contribution < 1.29 is 9.59 Å². The molecule has 0 unspecified atom stereocenters. The van der Waals surface area contributed by atoms with Crippen molar-refractivity contribution >= 4 is 35.3 Å². The van der Waals surface area contributed by atoms with Crippen LogP contribution in [0.25, 0.3) is 0 Å². The van der Waals surface area contributed by atoms with Crippen LogP contribution >= 0.6 is 23.5 Å². The second-order valence-corrected chi connectivity index (χ2v) is 7.83. The highest BCUT2D eigenvalue weighted by atomic mass is 32.2. The molecule has 1 fully saturated rings. The normalized spacial score (nSPS) is 15.8. The summed E-state index contributed by atoms with van der Waals surface area (Å²) in [5.41, 5.74) is 6.35. The van der Waals surface area contributed by atoms with Crippen molar-refractivity contribution in [2.45, 2.75) is 29.9 Å². The lowest BCUT2D eigenvalue weighted by Gasteiger charge is -2.31. The van der Waals surface area contributed by atoms with Crippen LogP contribution in [0.2, 0.25) is 0 Å². The number of hydrogen-bond acceptors (Lipinski definition) is 4. The largest absolute Gasteiger partial charge is 0.369 e. The molecule has 0 atom stereocenters. The van der Waals surface area contributed by atoms with E-state index in [1.54, 1.807) is 0 Å². The minimum atomic E-state index is -0.369. The van der Waals surface area contributed by atoms with Gasteiger partial charge < -0.3 is 10.6 Å². The Labute approximate surface area is 140 Å². The van der Waals surface area contributed by atoms with Crippen LogP contribution in [0.1, 0.15) is 18.4 Å². The maximum Gasteiger partial charge on any atom is 0.232 e. The second-order valence-electron chi connectivity index (χ2n) is 5.47. The predicted molar refractivity (Wildman–Crippen MR) is 93.2 cm³/mol. The third-order valence-corrected chi connectivity index (χ3v) is 5.88. The Kier molecular flexibility index (Phi) is 6.64. The molecule has 0 spiro atoms. The molecule has 0 radical (unpaired) electrons. The molecule has 2 N–H and O–H groups in total. The quantitative estimate of drug-likeness (QED) is 0.864. The van der Waals surface area contributed by atoms with E-state index in [0.717, 1.165) is 25.9 Å². The van der Waals surface area contributed by atoms with Gasteiger partial charge in [0.2, 0.25) is 11.8 Å². The van der Waals surface area contributed by atoms with Gasteiger partial charge in [0.15, 0.2) is 0 Å². The molecule has 1 aromatic carbocycles. The fraction of sp³-hybridized carbons (Fsp3) is 0.500. The van der Waals surface area contributed by atoms with E-state index in [0.29, 0.717) is 11.0 Å². The Balaban J connectivity index is 1.72. The van der Waals surface area contributed by atoms with E-state index in [1.165, 1.54) is 22.2 Å². The van der Waals surface area contributed by atoms with E-state index in [2.05, 4.69) is 31.2 Å². The van der Waals surface area contributed by atoms with E-state index in [1.807, 2.05) is 16.7 Å². The molecular weight excluding hydrogens is 316 g/mol. The van der Waals surface area contributed by atoms with Gasteiger partial charge >= 0.3 is 0 Å². The summed E-state index contributed by atoms with van der Waals surface area (Å²) in [4.78, 5) is 25.9. The average Bonchev–Trinajstić information content (AvgIpc) is 2.50. The summed E-state index contributed by atoms with van der Waals surface area (Å²) in [7, 11) is 0. The molecule has 6 heteroatoms. The van der Waals surface area contributed by atoms with Gasteiger partial charge in [-0.25, -0.2) is 0 Å². The van der Waals surface area contributed by atoms with Gasteiger partial charge in [0.1, 0.15) is 0 Å². The monoisotopic (exact) mass is 338 g/mol. The Morgan fingerprint density at radius 3 is 2.41 bits per heavy atom. The molecule has 2 amide bonds. The van der Waals surface area contributed by atoms with Crippen LogP contribution in [0, 0.1) is 6.92 Å². The van der Waals surface area contributed by atoms with Crippen LogP contribution < -0.4 is 5.73 Å². The highest BCUT2D eigenvalue weighted by Crippen LogP contribution is 2.30. The van der Waals surface area contributed by atoms with E-state index >= 15 is 0 Å². The highest BCUT2D eigenvalue weighted by molar-refractivity contribution is 8.00. The van der Waals surface area contributed by atoms with Crippen molar-refractivity contribution in [3.63, 3.8) is 0 Å². The molecule has 2 rings (SSSR count). The lowest BCUT2D eigenvalue weighted by Crippen LogP contribution is -2.40. The summed E-state index contributed by atoms with van der Waals surface area (Å²) in [5, 5.41) is 0.574. The molecule has 1 saturated heterocycles. The van der Waals surface area contributed by atoms with E-state index in [9.17, 15) is 9.59 Å². The van der Waals surface area contributed by atoms with Crippen molar-refractivity contribution in [3.05, 3.63) is 29.8 Å². The molecule has 1 heterocycles. The number of aryl methyl sites for hydroxylation is 1. The van der Waals surface area contributed by atoms with Gasteiger partial charge in [-0.2, -0.15) is 0 Å². The summed E-state index contributed by atoms with van der Waals surface area (Å²) < 4.78 is 0.